The second-order valence-corrected chi connectivity index (χ2v) is 4.10. The van der Waals surface area contributed by atoms with Crippen molar-refractivity contribution in [2.75, 3.05) is 6.54 Å². The smallest absolute Gasteiger partial charge is 0.101 e. The summed E-state index contributed by atoms with van der Waals surface area (Å²) in [5.41, 5.74) is 5.46. The number of hydrogen-bond acceptors (Lipinski definition) is 1. The maximum atomic E-state index is 12.7. The average Bonchev–Trinajstić information content (AvgIpc) is 1.94. The molecule has 3 heteroatoms. The van der Waals surface area contributed by atoms with Gasteiger partial charge in [0, 0.05) is 4.83 Å². The van der Waals surface area contributed by atoms with Crippen LogP contribution in [0.3, 0.4) is 0 Å². The molecule has 1 rings (SSSR count). The van der Waals surface area contributed by atoms with Gasteiger partial charge in [-0.1, -0.05) is 15.9 Å². The van der Waals surface area contributed by atoms with Gasteiger partial charge < -0.3 is 5.73 Å². The first-order valence-corrected chi connectivity index (χ1v) is 4.63. The molecule has 3 unspecified atom stereocenters. The highest BCUT2D eigenvalue weighted by Crippen LogP contribution is 2.30. The summed E-state index contributed by atoms with van der Waals surface area (Å²) in [6, 6.07) is 0. The normalized spacial score (nSPS) is 41.7. The predicted octanol–water partition coefficient (Wildman–Crippen LogP) is 1.85. The average molecular weight is 210 g/mol. The molecule has 0 amide bonds. The maximum absolute atomic E-state index is 12.7. The molecule has 2 N–H and O–H groups in total. The molecule has 0 aliphatic heterocycles. The Kier molecular flexibility index (Phi) is 3.11. The summed E-state index contributed by atoms with van der Waals surface area (Å²) < 4.78 is 12.7. The summed E-state index contributed by atoms with van der Waals surface area (Å²) in [5.74, 6) is 0.351. The molecule has 1 aliphatic rings. The lowest BCUT2D eigenvalue weighted by atomic mass is 9.88. The fourth-order valence-corrected chi connectivity index (χ4v) is 2.11. The van der Waals surface area contributed by atoms with Crippen molar-refractivity contribution in [3.8, 4) is 0 Å². The zero-order chi connectivity index (χ0) is 7.56. The fraction of sp³-hybridized carbons (Fsp3) is 1.00. The molecule has 0 bridgehead atoms. The first kappa shape index (κ1) is 8.47. The first-order valence-electron chi connectivity index (χ1n) is 3.72. The zero-order valence-corrected chi connectivity index (χ0v) is 7.48. The number of alkyl halides is 2. The van der Waals surface area contributed by atoms with Crippen molar-refractivity contribution in [1.29, 1.82) is 0 Å². The summed E-state index contributed by atoms with van der Waals surface area (Å²) in [6.45, 7) is 0.607. The van der Waals surface area contributed by atoms with E-state index in [1.807, 2.05) is 0 Å². The van der Waals surface area contributed by atoms with Crippen LogP contribution < -0.4 is 5.73 Å². The summed E-state index contributed by atoms with van der Waals surface area (Å²) >= 11 is 3.50. The summed E-state index contributed by atoms with van der Waals surface area (Å²) in [7, 11) is 0. The number of halogens is 2. The third kappa shape index (κ3) is 1.92. The van der Waals surface area contributed by atoms with Crippen LogP contribution >= 0.6 is 15.9 Å². The number of rotatable bonds is 1. The van der Waals surface area contributed by atoms with Crippen LogP contribution in [0.4, 0.5) is 4.39 Å². The van der Waals surface area contributed by atoms with Crippen LogP contribution in [0.15, 0.2) is 0 Å². The molecule has 1 fully saturated rings. The van der Waals surface area contributed by atoms with E-state index in [0.29, 0.717) is 30.1 Å². The van der Waals surface area contributed by atoms with Gasteiger partial charge in [-0.3, -0.25) is 0 Å². The van der Waals surface area contributed by atoms with Gasteiger partial charge in [0.05, 0.1) is 0 Å². The zero-order valence-electron chi connectivity index (χ0n) is 5.89. The van der Waals surface area contributed by atoms with Crippen LogP contribution in [0.25, 0.3) is 0 Å². The van der Waals surface area contributed by atoms with Crippen molar-refractivity contribution < 1.29 is 4.39 Å². The minimum atomic E-state index is -0.609. The predicted molar refractivity (Wildman–Crippen MR) is 44.0 cm³/mol. The van der Waals surface area contributed by atoms with Gasteiger partial charge in [0.15, 0.2) is 0 Å². The van der Waals surface area contributed by atoms with E-state index in [1.54, 1.807) is 0 Å². The molecule has 0 heterocycles. The van der Waals surface area contributed by atoms with E-state index in [9.17, 15) is 4.39 Å². The molecule has 0 spiro atoms. The van der Waals surface area contributed by atoms with Crippen molar-refractivity contribution in [3.05, 3.63) is 0 Å². The van der Waals surface area contributed by atoms with Gasteiger partial charge in [0.25, 0.3) is 0 Å². The van der Waals surface area contributed by atoms with Gasteiger partial charge in [-0.2, -0.15) is 0 Å². The van der Waals surface area contributed by atoms with Crippen molar-refractivity contribution >= 4 is 15.9 Å². The standard InChI is InChI=1S/C7H13BrFN/c8-7-2-1-6(9)3-5(7)4-10/h5-7H,1-4,10H2. The van der Waals surface area contributed by atoms with Crippen LogP contribution in [-0.2, 0) is 0 Å². The van der Waals surface area contributed by atoms with E-state index in [1.165, 1.54) is 0 Å². The Balaban J connectivity index is 2.38. The van der Waals surface area contributed by atoms with E-state index in [-0.39, 0.29) is 0 Å². The summed E-state index contributed by atoms with van der Waals surface area (Å²) in [5, 5.41) is 0. The summed E-state index contributed by atoms with van der Waals surface area (Å²) in [4.78, 5) is 0.449. The Morgan fingerprint density at radius 3 is 2.70 bits per heavy atom. The lowest BCUT2D eigenvalue weighted by Gasteiger charge is -2.28. The molecular formula is C7H13BrFN. The van der Waals surface area contributed by atoms with Gasteiger partial charge in [0.2, 0.25) is 0 Å². The van der Waals surface area contributed by atoms with Crippen LogP contribution in [0.5, 0.6) is 0 Å². The minimum absolute atomic E-state index is 0.351. The van der Waals surface area contributed by atoms with Crippen molar-refractivity contribution in [2.24, 2.45) is 11.7 Å². The Morgan fingerprint density at radius 2 is 2.20 bits per heavy atom. The minimum Gasteiger partial charge on any atom is -0.330 e. The highest BCUT2D eigenvalue weighted by Gasteiger charge is 2.27. The van der Waals surface area contributed by atoms with Crippen molar-refractivity contribution in [2.45, 2.75) is 30.3 Å². The molecule has 0 aromatic heterocycles. The van der Waals surface area contributed by atoms with E-state index in [0.717, 1.165) is 6.42 Å². The molecule has 1 aliphatic carbocycles. The quantitative estimate of drug-likeness (QED) is 0.656. The molecular weight excluding hydrogens is 197 g/mol. The maximum Gasteiger partial charge on any atom is 0.101 e. The molecule has 60 valence electrons. The van der Waals surface area contributed by atoms with Gasteiger partial charge in [-0.05, 0) is 31.7 Å². The van der Waals surface area contributed by atoms with E-state index in [2.05, 4.69) is 15.9 Å². The Morgan fingerprint density at radius 1 is 1.50 bits per heavy atom. The van der Waals surface area contributed by atoms with Gasteiger partial charge >= 0.3 is 0 Å². The lowest BCUT2D eigenvalue weighted by Crippen LogP contribution is -2.31. The molecule has 0 radical (unpaired) electrons. The highest BCUT2D eigenvalue weighted by molar-refractivity contribution is 9.09. The Bertz CT molecular complexity index is 110. The molecule has 0 aromatic carbocycles. The monoisotopic (exact) mass is 209 g/mol. The van der Waals surface area contributed by atoms with Crippen LogP contribution in [0.1, 0.15) is 19.3 Å². The molecule has 10 heavy (non-hydrogen) atoms. The third-order valence-corrected chi connectivity index (χ3v) is 3.33. The second-order valence-electron chi connectivity index (χ2n) is 2.92. The van der Waals surface area contributed by atoms with Gasteiger partial charge in [-0.25, -0.2) is 4.39 Å². The SMILES string of the molecule is NCC1CC(F)CCC1Br. The Labute approximate surface area is 69.3 Å². The van der Waals surface area contributed by atoms with Crippen LogP contribution in [0, 0.1) is 5.92 Å². The largest absolute Gasteiger partial charge is 0.330 e. The van der Waals surface area contributed by atoms with Gasteiger partial charge in [0.1, 0.15) is 6.17 Å². The number of nitrogens with two attached hydrogens (primary N) is 1. The molecule has 0 saturated heterocycles. The highest BCUT2D eigenvalue weighted by atomic mass is 79.9. The van der Waals surface area contributed by atoms with Crippen molar-refractivity contribution in [1.82, 2.24) is 0 Å². The van der Waals surface area contributed by atoms with Crippen molar-refractivity contribution in [3.63, 3.8) is 0 Å². The van der Waals surface area contributed by atoms with Gasteiger partial charge in [-0.15, -0.1) is 0 Å². The number of hydrogen-bond donors (Lipinski definition) is 1. The third-order valence-electron chi connectivity index (χ3n) is 2.13. The Hall–Kier alpha value is 0.370. The molecule has 0 aromatic rings. The van der Waals surface area contributed by atoms with E-state index < -0.39 is 6.17 Å². The van der Waals surface area contributed by atoms with Crippen LogP contribution in [-0.4, -0.2) is 17.5 Å². The molecule has 1 nitrogen and oxygen atoms in total. The molecule has 3 atom stereocenters. The first-order chi connectivity index (χ1) is 4.74. The topological polar surface area (TPSA) is 26.0 Å². The fourth-order valence-electron chi connectivity index (χ4n) is 1.41. The van der Waals surface area contributed by atoms with E-state index >= 15 is 0 Å². The summed E-state index contributed by atoms with van der Waals surface area (Å²) in [6.07, 6.45) is 1.67. The lowest BCUT2D eigenvalue weighted by molar-refractivity contribution is 0.209. The molecule has 1 saturated carbocycles. The second kappa shape index (κ2) is 3.67. The van der Waals surface area contributed by atoms with Crippen LogP contribution in [0.2, 0.25) is 0 Å². The van der Waals surface area contributed by atoms with E-state index in [4.69, 9.17) is 5.73 Å².